The standard InChI is InChI=1S/C22H31N3O2.2ClH/c1-3-25(4-2)16-19(26)14-18-12-8-9-13-20(18)21(15-22(23)24-27)17-10-6-5-7-11-17;;/h5-13,19,21,26-27H,3-4,14-16H2,1-2H3,(H2,23,24);2*1H. The van der Waals surface area contributed by atoms with E-state index in [9.17, 15) is 5.11 Å². The predicted molar refractivity (Wildman–Crippen MR) is 125 cm³/mol. The second-order valence-corrected chi connectivity index (χ2v) is 6.80. The molecule has 0 aromatic heterocycles. The van der Waals surface area contributed by atoms with Crippen LogP contribution >= 0.6 is 24.8 Å². The molecule has 2 aromatic rings. The van der Waals surface area contributed by atoms with Gasteiger partial charge in [-0.15, -0.1) is 24.8 Å². The minimum Gasteiger partial charge on any atom is -0.409 e. The number of rotatable bonds is 10. The van der Waals surface area contributed by atoms with Crippen molar-refractivity contribution in [1.29, 1.82) is 0 Å². The zero-order chi connectivity index (χ0) is 19.6. The maximum atomic E-state index is 10.6. The number of oxime groups is 1. The number of amidine groups is 1. The average Bonchev–Trinajstić information content (AvgIpc) is 2.71. The van der Waals surface area contributed by atoms with E-state index in [4.69, 9.17) is 10.9 Å². The van der Waals surface area contributed by atoms with E-state index in [1.165, 1.54) is 0 Å². The third-order valence-electron chi connectivity index (χ3n) is 4.99. The van der Waals surface area contributed by atoms with Crippen LogP contribution in [0.4, 0.5) is 0 Å². The van der Waals surface area contributed by atoms with Crippen molar-refractivity contribution < 1.29 is 10.3 Å². The normalized spacial score (nSPS) is 13.3. The molecule has 0 radical (unpaired) electrons. The number of likely N-dealkylation sites (N-methyl/N-ethyl adjacent to an activating group) is 1. The summed E-state index contributed by atoms with van der Waals surface area (Å²) >= 11 is 0. The number of nitrogens with zero attached hydrogens (tertiary/aromatic N) is 2. The average molecular weight is 442 g/mol. The van der Waals surface area contributed by atoms with E-state index in [-0.39, 0.29) is 36.6 Å². The lowest BCUT2D eigenvalue weighted by Crippen LogP contribution is -2.33. The number of halogens is 2. The Hall–Kier alpha value is -1.79. The van der Waals surface area contributed by atoms with Crippen molar-refractivity contribution in [3.8, 4) is 0 Å². The monoisotopic (exact) mass is 441 g/mol. The van der Waals surface area contributed by atoms with Gasteiger partial charge in [-0.25, -0.2) is 0 Å². The molecule has 0 saturated heterocycles. The molecule has 0 bridgehead atoms. The highest BCUT2D eigenvalue weighted by Gasteiger charge is 2.21. The molecule has 0 aliphatic carbocycles. The maximum Gasteiger partial charge on any atom is 0.140 e. The summed E-state index contributed by atoms with van der Waals surface area (Å²) in [5, 5.41) is 22.8. The topological polar surface area (TPSA) is 82.1 Å². The van der Waals surface area contributed by atoms with Crippen LogP contribution in [0.2, 0.25) is 0 Å². The Kier molecular flexibility index (Phi) is 13.4. The van der Waals surface area contributed by atoms with Crippen LogP contribution in [-0.2, 0) is 6.42 Å². The van der Waals surface area contributed by atoms with Gasteiger partial charge in [-0.3, -0.25) is 0 Å². The highest BCUT2D eigenvalue weighted by Crippen LogP contribution is 2.31. The molecule has 0 amide bonds. The van der Waals surface area contributed by atoms with Crippen LogP contribution in [-0.4, -0.2) is 46.8 Å². The summed E-state index contributed by atoms with van der Waals surface area (Å²) in [6.07, 6.45) is 0.557. The first-order chi connectivity index (χ1) is 13.1. The summed E-state index contributed by atoms with van der Waals surface area (Å²) in [6, 6.07) is 18.2. The number of aliphatic hydroxyl groups excluding tert-OH is 1. The van der Waals surface area contributed by atoms with Gasteiger partial charge in [0.05, 0.1) is 6.10 Å². The van der Waals surface area contributed by atoms with Crippen molar-refractivity contribution in [3.05, 3.63) is 71.3 Å². The van der Waals surface area contributed by atoms with Gasteiger partial charge >= 0.3 is 0 Å². The zero-order valence-corrected chi connectivity index (χ0v) is 18.7. The van der Waals surface area contributed by atoms with Crippen molar-refractivity contribution in [2.24, 2.45) is 10.9 Å². The van der Waals surface area contributed by atoms with Crippen LogP contribution in [0.5, 0.6) is 0 Å². The molecule has 4 N–H and O–H groups in total. The molecule has 2 aromatic carbocycles. The van der Waals surface area contributed by atoms with E-state index in [2.05, 4.69) is 48.2 Å². The molecule has 0 fully saturated rings. The molecule has 0 saturated carbocycles. The number of nitrogens with two attached hydrogens (primary N) is 1. The molecule has 0 spiro atoms. The van der Waals surface area contributed by atoms with Crippen molar-refractivity contribution in [1.82, 2.24) is 4.90 Å². The molecule has 5 nitrogen and oxygen atoms in total. The Balaban J connectivity index is 0.00000392. The van der Waals surface area contributed by atoms with E-state index in [1.54, 1.807) is 0 Å². The molecule has 2 atom stereocenters. The lowest BCUT2D eigenvalue weighted by molar-refractivity contribution is 0.118. The van der Waals surface area contributed by atoms with Crippen LogP contribution in [0, 0.1) is 0 Å². The van der Waals surface area contributed by atoms with Gasteiger partial charge in [0.2, 0.25) is 0 Å². The Morgan fingerprint density at radius 2 is 1.59 bits per heavy atom. The maximum absolute atomic E-state index is 10.6. The zero-order valence-electron chi connectivity index (χ0n) is 17.1. The van der Waals surface area contributed by atoms with Crippen molar-refractivity contribution in [2.45, 2.75) is 38.7 Å². The quantitative estimate of drug-likeness (QED) is 0.225. The van der Waals surface area contributed by atoms with E-state index in [1.807, 2.05) is 30.3 Å². The van der Waals surface area contributed by atoms with Crippen LogP contribution in [0.15, 0.2) is 59.8 Å². The molecular formula is C22H33Cl2N3O2. The Labute approximate surface area is 186 Å². The van der Waals surface area contributed by atoms with Gasteiger partial charge in [0, 0.05) is 18.9 Å². The smallest absolute Gasteiger partial charge is 0.140 e. The first kappa shape index (κ1) is 27.2. The van der Waals surface area contributed by atoms with Gasteiger partial charge in [-0.05, 0) is 36.2 Å². The minimum atomic E-state index is -0.439. The molecule has 162 valence electrons. The molecule has 0 heterocycles. The second kappa shape index (κ2) is 14.2. The van der Waals surface area contributed by atoms with Crippen molar-refractivity contribution in [2.75, 3.05) is 19.6 Å². The summed E-state index contributed by atoms with van der Waals surface area (Å²) < 4.78 is 0. The van der Waals surface area contributed by atoms with E-state index < -0.39 is 6.10 Å². The van der Waals surface area contributed by atoms with Crippen molar-refractivity contribution in [3.63, 3.8) is 0 Å². The van der Waals surface area contributed by atoms with Gasteiger partial charge in [0.1, 0.15) is 5.84 Å². The van der Waals surface area contributed by atoms with Gasteiger partial charge in [0.25, 0.3) is 0 Å². The Morgan fingerprint density at radius 1 is 1.00 bits per heavy atom. The number of hydrogen-bond donors (Lipinski definition) is 3. The highest BCUT2D eigenvalue weighted by molar-refractivity contribution is 5.85. The van der Waals surface area contributed by atoms with Crippen LogP contribution in [0.25, 0.3) is 0 Å². The molecule has 0 aliphatic heterocycles. The lowest BCUT2D eigenvalue weighted by atomic mass is 9.84. The molecule has 29 heavy (non-hydrogen) atoms. The third kappa shape index (κ3) is 8.23. The summed E-state index contributed by atoms with van der Waals surface area (Å²) in [6.45, 7) is 6.70. The van der Waals surface area contributed by atoms with E-state index >= 15 is 0 Å². The molecule has 7 heteroatoms. The van der Waals surface area contributed by atoms with Gasteiger partial charge in [0.15, 0.2) is 0 Å². The fourth-order valence-corrected chi connectivity index (χ4v) is 3.50. The van der Waals surface area contributed by atoms with Crippen LogP contribution < -0.4 is 5.73 Å². The SMILES string of the molecule is CCN(CC)CC(O)Cc1ccccc1C(CC(N)=NO)c1ccccc1.Cl.Cl. The molecule has 0 aliphatic rings. The van der Waals surface area contributed by atoms with E-state index in [0.29, 0.717) is 19.4 Å². The fourth-order valence-electron chi connectivity index (χ4n) is 3.50. The lowest BCUT2D eigenvalue weighted by Gasteiger charge is -2.25. The van der Waals surface area contributed by atoms with Gasteiger partial charge < -0.3 is 20.9 Å². The van der Waals surface area contributed by atoms with Crippen LogP contribution in [0.3, 0.4) is 0 Å². The molecular weight excluding hydrogens is 409 g/mol. The second-order valence-electron chi connectivity index (χ2n) is 6.80. The first-order valence-corrected chi connectivity index (χ1v) is 9.58. The largest absolute Gasteiger partial charge is 0.409 e. The summed E-state index contributed by atoms with van der Waals surface area (Å²) in [5.41, 5.74) is 9.15. The fraction of sp³-hybridized carbons (Fsp3) is 0.409. The van der Waals surface area contributed by atoms with Gasteiger partial charge in [-0.2, -0.15) is 0 Å². The third-order valence-corrected chi connectivity index (χ3v) is 4.99. The van der Waals surface area contributed by atoms with Crippen molar-refractivity contribution >= 4 is 30.6 Å². The minimum absolute atomic E-state index is 0. The van der Waals surface area contributed by atoms with Gasteiger partial charge in [-0.1, -0.05) is 73.6 Å². The number of aliphatic hydroxyl groups is 1. The first-order valence-electron chi connectivity index (χ1n) is 9.58. The van der Waals surface area contributed by atoms with E-state index in [0.717, 1.165) is 29.8 Å². The highest BCUT2D eigenvalue weighted by atomic mass is 35.5. The summed E-state index contributed by atoms with van der Waals surface area (Å²) in [4.78, 5) is 2.22. The predicted octanol–water partition coefficient (Wildman–Crippen LogP) is 4.04. The molecule has 2 rings (SSSR count). The number of hydrogen-bond acceptors (Lipinski definition) is 4. The summed E-state index contributed by atoms with van der Waals surface area (Å²) in [5.74, 6) is 0.168. The number of benzene rings is 2. The molecule has 2 unspecified atom stereocenters. The Morgan fingerprint density at radius 3 is 2.17 bits per heavy atom. The van der Waals surface area contributed by atoms with Crippen LogP contribution in [0.1, 0.15) is 42.9 Å². The Bertz CT molecular complexity index is 725. The summed E-state index contributed by atoms with van der Waals surface area (Å²) in [7, 11) is 0.